The Hall–Kier alpha value is -0.120. The van der Waals surface area contributed by atoms with E-state index in [9.17, 15) is 0 Å². The highest BCUT2D eigenvalue weighted by Gasteiger charge is 2.35. The Kier molecular flexibility index (Phi) is 3.18. The Balaban J connectivity index is 1.56. The molecule has 3 saturated heterocycles. The van der Waals surface area contributed by atoms with E-state index >= 15 is 0 Å². The number of fused-ring (bicyclic) bond motifs is 2. The van der Waals surface area contributed by atoms with E-state index in [2.05, 4.69) is 22.2 Å². The Labute approximate surface area is 99.2 Å². The summed E-state index contributed by atoms with van der Waals surface area (Å²) in [5.41, 5.74) is 0. The van der Waals surface area contributed by atoms with E-state index in [1.807, 2.05) is 0 Å². The van der Waals surface area contributed by atoms with Crippen LogP contribution in [0.25, 0.3) is 0 Å². The van der Waals surface area contributed by atoms with Gasteiger partial charge >= 0.3 is 0 Å². The molecule has 92 valence electrons. The van der Waals surface area contributed by atoms with E-state index in [4.69, 9.17) is 0 Å². The second-order valence-corrected chi connectivity index (χ2v) is 5.96. The van der Waals surface area contributed by atoms with Crippen LogP contribution in [-0.4, -0.2) is 61.7 Å². The smallest absolute Gasteiger partial charge is 0.0223 e. The third-order valence-electron chi connectivity index (χ3n) is 4.91. The second-order valence-electron chi connectivity index (χ2n) is 5.96. The lowest BCUT2D eigenvalue weighted by Gasteiger charge is -2.27. The fraction of sp³-hybridized carbons (Fsp3) is 1.00. The molecule has 3 aliphatic heterocycles. The van der Waals surface area contributed by atoms with Gasteiger partial charge in [-0.15, -0.1) is 0 Å². The predicted octanol–water partition coefficient (Wildman–Crippen LogP) is 0.764. The Morgan fingerprint density at radius 1 is 1.12 bits per heavy atom. The van der Waals surface area contributed by atoms with Crippen molar-refractivity contribution in [2.75, 3.05) is 39.8 Å². The van der Waals surface area contributed by atoms with E-state index in [-0.39, 0.29) is 0 Å². The maximum Gasteiger partial charge on any atom is 0.0223 e. The van der Waals surface area contributed by atoms with Crippen molar-refractivity contribution in [1.29, 1.82) is 0 Å². The molecule has 3 heteroatoms. The van der Waals surface area contributed by atoms with Gasteiger partial charge in [-0.25, -0.2) is 0 Å². The molecule has 2 bridgehead atoms. The monoisotopic (exact) mass is 223 g/mol. The minimum absolute atomic E-state index is 0.849. The molecule has 3 unspecified atom stereocenters. The third-order valence-corrected chi connectivity index (χ3v) is 4.91. The van der Waals surface area contributed by atoms with Crippen LogP contribution in [0.4, 0.5) is 0 Å². The topological polar surface area (TPSA) is 18.5 Å². The van der Waals surface area contributed by atoms with Crippen LogP contribution in [0.15, 0.2) is 0 Å². The average Bonchev–Trinajstić information content (AvgIpc) is 2.82. The predicted molar refractivity (Wildman–Crippen MR) is 66.6 cm³/mol. The van der Waals surface area contributed by atoms with Crippen molar-refractivity contribution in [3.05, 3.63) is 0 Å². The SMILES string of the molecule is CN1C2CCC1CN(CC1CCNC1)CC2. The molecule has 0 aromatic carbocycles. The average molecular weight is 223 g/mol. The minimum atomic E-state index is 0.849. The number of likely N-dealkylation sites (tertiary alicyclic amines) is 1. The lowest BCUT2D eigenvalue weighted by molar-refractivity contribution is 0.201. The van der Waals surface area contributed by atoms with Crippen LogP contribution >= 0.6 is 0 Å². The summed E-state index contributed by atoms with van der Waals surface area (Å²) in [4.78, 5) is 5.38. The van der Waals surface area contributed by atoms with Crippen molar-refractivity contribution in [2.24, 2.45) is 5.92 Å². The van der Waals surface area contributed by atoms with Gasteiger partial charge in [0.2, 0.25) is 0 Å². The van der Waals surface area contributed by atoms with Gasteiger partial charge in [-0.1, -0.05) is 0 Å². The maximum atomic E-state index is 3.48. The summed E-state index contributed by atoms with van der Waals surface area (Å²) in [5, 5.41) is 3.48. The number of rotatable bonds is 2. The first-order chi connectivity index (χ1) is 7.83. The van der Waals surface area contributed by atoms with Gasteiger partial charge in [-0.05, 0) is 58.3 Å². The molecule has 3 aliphatic rings. The highest BCUT2D eigenvalue weighted by atomic mass is 15.3. The number of nitrogens with zero attached hydrogens (tertiary/aromatic N) is 2. The second kappa shape index (κ2) is 4.63. The Bertz CT molecular complexity index is 237. The first kappa shape index (κ1) is 11.0. The molecule has 0 spiro atoms. The molecule has 3 rings (SSSR count). The Morgan fingerprint density at radius 3 is 2.81 bits per heavy atom. The van der Waals surface area contributed by atoms with Crippen molar-refractivity contribution in [2.45, 2.75) is 37.8 Å². The molecule has 0 aliphatic carbocycles. The molecule has 0 aromatic rings. The molecule has 0 saturated carbocycles. The quantitative estimate of drug-likeness (QED) is 0.746. The summed E-state index contributed by atoms with van der Waals surface area (Å²) in [6, 6.07) is 1.73. The summed E-state index contributed by atoms with van der Waals surface area (Å²) in [6.07, 6.45) is 5.66. The van der Waals surface area contributed by atoms with Crippen LogP contribution in [0.5, 0.6) is 0 Å². The summed E-state index contributed by atoms with van der Waals surface area (Å²) >= 11 is 0. The van der Waals surface area contributed by atoms with Crippen molar-refractivity contribution in [1.82, 2.24) is 15.1 Å². The zero-order valence-electron chi connectivity index (χ0n) is 10.5. The minimum Gasteiger partial charge on any atom is -0.316 e. The van der Waals surface area contributed by atoms with Crippen molar-refractivity contribution < 1.29 is 0 Å². The number of likely N-dealkylation sites (N-methyl/N-ethyl adjacent to an activating group) is 1. The van der Waals surface area contributed by atoms with E-state index in [0.717, 1.165) is 18.0 Å². The van der Waals surface area contributed by atoms with Gasteiger partial charge in [0, 0.05) is 25.2 Å². The van der Waals surface area contributed by atoms with Gasteiger partial charge in [-0.2, -0.15) is 0 Å². The van der Waals surface area contributed by atoms with Crippen LogP contribution in [-0.2, 0) is 0 Å². The molecule has 0 radical (unpaired) electrons. The lowest BCUT2D eigenvalue weighted by Crippen LogP contribution is -2.39. The maximum absolute atomic E-state index is 3.48. The van der Waals surface area contributed by atoms with Gasteiger partial charge in [0.1, 0.15) is 0 Å². The van der Waals surface area contributed by atoms with Gasteiger partial charge in [0.15, 0.2) is 0 Å². The fourth-order valence-electron chi connectivity index (χ4n) is 3.78. The molecule has 1 N–H and O–H groups in total. The molecule has 3 fully saturated rings. The van der Waals surface area contributed by atoms with Gasteiger partial charge in [-0.3, -0.25) is 4.90 Å². The summed E-state index contributed by atoms with van der Waals surface area (Å²) in [7, 11) is 2.34. The summed E-state index contributed by atoms with van der Waals surface area (Å²) < 4.78 is 0. The number of hydrogen-bond donors (Lipinski definition) is 1. The molecule has 0 aromatic heterocycles. The van der Waals surface area contributed by atoms with E-state index < -0.39 is 0 Å². The molecular weight excluding hydrogens is 198 g/mol. The zero-order chi connectivity index (χ0) is 11.0. The highest BCUT2D eigenvalue weighted by molar-refractivity contribution is 4.91. The molecular formula is C13H25N3. The van der Waals surface area contributed by atoms with Crippen molar-refractivity contribution in [3.63, 3.8) is 0 Å². The van der Waals surface area contributed by atoms with Gasteiger partial charge in [0.25, 0.3) is 0 Å². The van der Waals surface area contributed by atoms with Gasteiger partial charge < -0.3 is 10.2 Å². The van der Waals surface area contributed by atoms with Gasteiger partial charge in [0.05, 0.1) is 0 Å². The third kappa shape index (κ3) is 2.13. The Morgan fingerprint density at radius 2 is 2.00 bits per heavy atom. The lowest BCUT2D eigenvalue weighted by atomic mass is 10.1. The van der Waals surface area contributed by atoms with Crippen LogP contribution < -0.4 is 5.32 Å². The number of hydrogen-bond acceptors (Lipinski definition) is 3. The summed E-state index contributed by atoms with van der Waals surface area (Å²) in [5.74, 6) is 0.918. The summed E-state index contributed by atoms with van der Waals surface area (Å²) in [6.45, 7) is 6.49. The van der Waals surface area contributed by atoms with Crippen molar-refractivity contribution in [3.8, 4) is 0 Å². The van der Waals surface area contributed by atoms with Crippen LogP contribution in [0, 0.1) is 5.92 Å². The van der Waals surface area contributed by atoms with Crippen molar-refractivity contribution >= 4 is 0 Å². The molecule has 16 heavy (non-hydrogen) atoms. The molecule has 3 atom stereocenters. The molecule has 0 amide bonds. The normalized spacial score (nSPS) is 41.4. The first-order valence-electron chi connectivity index (χ1n) is 6.98. The fourth-order valence-corrected chi connectivity index (χ4v) is 3.78. The van der Waals surface area contributed by atoms with Crippen LogP contribution in [0.3, 0.4) is 0 Å². The standard InChI is InChI=1S/C13H25N3/c1-15-12-2-3-13(15)10-16(7-5-12)9-11-4-6-14-8-11/h11-14H,2-10H2,1H3. The van der Waals surface area contributed by atoms with E-state index in [1.54, 1.807) is 0 Å². The van der Waals surface area contributed by atoms with Crippen LogP contribution in [0.2, 0.25) is 0 Å². The largest absolute Gasteiger partial charge is 0.316 e. The first-order valence-corrected chi connectivity index (χ1v) is 6.98. The van der Waals surface area contributed by atoms with E-state index in [0.29, 0.717) is 0 Å². The zero-order valence-corrected chi connectivity index (χ0v) is 10.5. The molecule has 3 heterocycles. The molecule has 3 nitrogen and oxygen atoms in total. The van der Waals surface area contributed by atoms with E-state index in [1.165, 1.54) is 58.4 Å². The van der Waals surface area contributed by atoms with Crippen LogP contribution in [0.1, 0.15) is 25.7 Å². The number of nitrogens with one attached hydrogen (secondary N) is 1. The highest BCUT2D eigenvalue weighted by Crippen LogP contribution is 2.28.